The molecular formula is C13H16ClN3O5S2. The highest BCUT2D eigenvalue weighted by atomic mass is 35.5. The fourth-order valence-electron chi connectivity index (χ4n) is 1.85. The Morgan fingerprint density at radius 3 is 2.58 bits per heavy atom. The monoisotopic (exact) mass is 393 g/mol. The Hall–Kier alpha value is -1.49. The van der Waals surface area contributed by atoms with Crippen molar-refractivity contribution >= 4 is 31.5 Å². The lowest BCUT2D eigenvalue weighted by atomic mass is 10.2. The fraction of sp³-hybridized carbons (Fsp3) is 0.385. The van der Waals surface area contributed by atoms with E-state index in [1.54, 1.807) is 24.3 Å². The summed E-state index contributed by atoms with van der Waals surface area (Å²) in [4.78, 5) is 0. The van der Waals surface area contributed by atoms with Crippen LogP contribution < -0.4 is 4.72 Å². The van der Waals surface area contributed by atoms with Crippen molar-refractivity contribution < 1.29 is 21.3 Å². The van der Waals surface area contributed by atoms with Gasteiger partial charge in [-0.3, -0.25) is 0 Å². The SMILES string of the molecule is CS(=O)(=O)c1nnc(CCCNS(=O)(=O)Cc2cccc(Cl)c2)o1. The molecule has 0 fully saturated rings. The lowest BCUT2D eigenvalue weighted by Gasteiger charge is -2.06. The van der Waals surface area contributed by atoms with Gasteiger partial charge >= 0.3 is 5.22 Å². The van der Waals surface area contributed by atoms with Crippen molar-refractivity contribution in [2.45, 2.75) is 23.8 Å². The summed E-state index contributed by atoms with van der Waals surface area (Å²) in [6.45, 7) is 0.166. The van der Waals surface area contributed by atoms with Crippen molar-refractivity contribution in [2.75, 3.05) is 12.8 Å². The molecule has 11 heteroatoms. The van der Waals surface area contributed by atoms with E-state index < -0.39 is 25.1 Å². The summed E-state index contributed by atoms with van der Waals surface area (Å²) in [5, 5.41) is 7.06. The zero-order valence-corrected chi connectivity index (χ0v) is 15.2. The molecule has 0 saturated heterocycles. The lowest BCUT2D eigenvalue weighted by Crippen LogP contribution is -2.26. The molecule has 2 rings (SSSR count). The molecule has 0 bridgehead atoms. The van der Waals surface area contributed by atoms with Gasteiger partial charge in [0.15, 0.2) is 0 Å². The minimum atomic E-state index is -3.54. The molecule has 8 nitrogen and oxygen atoms in total. The Labute approximate surface area is 145 Å². The highest BCUT2D eigenvalue weighted by molar-refractivity contribution is 7.90. The molecule has 0 amide bonds. The van der Waals surface area contributed by atoms with Gasteiger partial charge in [-0.1, -0.05) is 28.8 Å². The molecule has 24 heavy (non-hydrogen) atoms. The van der Waals surface area contributed by atoms with Gasteiger partial charge in [0.1, 0.15) is 0 Å². The lowest BCUT2D eigenvalue weighted by molar-refractivity contribution is 0.394. The predicted molar refractivity (Wildman–Crippen MR) is 87.8 cm³/mol. The Kier molecular flexibility index (Phi) is 5.97. The average molecular weight is 394 g/mol. The van der Waals surface area contributed by atoms with Gasteiger partial charge in [0, 0.05) is 24.2 Å². The normalized spacial score (nSPS) is 12.4. The zero-order valence-electron chi connectivity index (χ0n) is 12.8. The summed E-state index contributed by atoms with van der Waals surface area (Å²) < 4.78 is 53.8. The van der Waals surface area contributed by atoms with E-state index in [1.165, 1.54) is 0 Å². The number of sulfone groups is 1. The van der Waals surface area contributed by atoms with Gasteiger partial charge in [0.05, 0.1) is 5.75 Å². The van der Waals surface area contributed by atoms with Crippen molar-refractivity contribution in [1.82, 2.24) is 14.9 Å². The number of sulfonamides is 1. The third-order valence-corrected chi connectivity index (χ3v) is 5.29. The summed E-state index contributed by atoms with van der Waals surface area (Å²) in [7, 11) is -7.03. The second-order valence-electron chi connectivity index (χ2n) is 5.12. The van der Waals surface area contributed by atoms with Gasteiger partial charge in [0.2, 0.25) is 25.8 Å². The zero-order chi connectivity index (χ0) is 17.8. The van der Waals surface area contributed by atoms with Crippen LogP contribution in [0.3, 0.4) is 0 Å². The van der Waals surface area contributed by atoms with E-state index in [2.05, 4.69) is 14.9 Å². The summed E-state index contributed by atoms with van der Waals surface area (Å²) in [6.07, 6.45) is 1.62. The topological polar surface area (TPSA) is 119 Å². The number of halogens is 1. The number of aromatic nitrogens is 2. The van der Waals surface area contributed by atoms with Gasteiger partial charge in [-0.15, -0.1) is 5.10 Å². The van der Waals surface area contributed by atoms with Crippen LogP contribution in [0.1, 0.15) is 17.9 Å². The van der Waals surface area contributed by atoms with Crippen molar-refractivity contribution in [3.63, 3.8) is 0 Å². The summed E-state index contributed by atoms with van der Waals surface area (Å²) in [5.41, 5.74) is 0.588. The first-order valence-electron chi connectivity index (χ1n) is 6.90. The molecule has 1 heterocycles. The van der Waals surface area contributed by atoms with E-state index in [1.807, 2.05) is 0 Å². The summed E-state index contributed by atoms with van der Waals surface area (Å²) >= 11 is 5.82. The van der Waals surface area contributed by atoms with Crippen LogP contribution in [0.5, 0.6) is 0 Å². The maximum atomic E-state index is 12.0. The van der Waals surface area contributed by atoms with E-state index in [0.29, 0.717) is 17.0 Å². The van der Waals surface area contributed by atoms with Crippen LogP contribution in [-0.2, 0) is 32.0 Å². The number of hydrogen-bond acceptors (Lipinski definition) is 7. The molecule has 2 aromatic rings. The van der Waals surface area contributed by atoms with Crippen molar-refractivity contribution in [2.24, 2.45) is 0 Å². The molecule has 132 valence electrons. The first-order chi connectivity index (χ1) is 11.2. The second kappa shape index (κ2) is 7.60. The average Bonchev–Trinajstić information content (AvgIpc) is 2.92. The van der Waals surface area contributed by atoms with E-state index in [-0.39, 0.29) is 24.6 Å². The molecule has 0 aliphatic heterocycles. The van der Waals surface area contributed by atoms with Crippen molar-refractivity contribution in [3.8, 4) is 0 Å². The smallest absolute Gasteiger partial charge is 0.335 e. The van der Waals surface area contributed by atoms with Crippen LogP contribution in [0, 0.1) is 0 Å². The third kappa shape index (κ3) is 5.86. The van der Waals surface area contributed by atoms with Gasteiger partial charge < -0.3 is 4.42 Å². The standard InChI is InChI=1S/C13H16ClN3O5S2/c1-23(18,19)13-17-16-12(22-13)6-3-7-15-24(20,21)9-10-4-2-5-11(14)8-10/h2,4-5,8,15H,3,6-7,9H2,1H3. The van der Waals surface area contributed by atoms with Crippen molar-refractivity contribution in [3.05, 3.63) is 40.7 Å². The molecule has 0 atom stereocenters. The Balaban J connectivity index is 1.82. The Morgan fingerprint density at radius 1 is 1.21 bits per heavy atom. The fourth-order valence-corrected chi connectivity index (χ4v) is 3.68. The molecule has 1 N–H and O–H groups in total. The van der Waals surface area contributed by atoms with E-state index in [9.17, 15) is 16.8 Å². The Bertz CT molecular complexity index is 909. The molecule has 0 aliphatic carbocycles. The summed E-state index contributed by atoms with van der Waals surface area (Å²) in [6, 6.07) is 6.62. The quantitative estimate of drug-likeness (QED) is 0.668. The predicted octanol–water partition coefficient (Wildman–Crippen LogP) is 1.18. The van der Waals surface area contributed by atoms with Crippen LogP contribution >= 0.6 is 11.6 Å². The number of hydrogen-bond donors (Lipinski definition) is 1. The third-order valence-electron chi connectivity index (χ3n) is 2.90. The molecule has 1 aromatic heterocycles. The van der Waals surface area contributed by atoms with E-state index >= 15 is 0 Å². The summed E-state index contributed by atoms with van der Waals surface area (Å²) in [5.74, 6) is -0.0312. The largest absolute Gasteiger partial charge is 0.413 e. The minimum absolute atomic E-state index is 0.143. The molecule has 0 spiro atoms. The van der Waals surface area contributed by atoms with E-state index in [0.717, 1.165) is 6.26 Å². The Morgan fingerprint density at radius 2 is 1.96 bits per heavy atom. The first-order valence-corrected chi connectivity index (χ1v) is 10.8. The van der Waals surface area contributed by atoms with Gasteiger partial charge in [-0.2, -0.15) is 0 Å². The van der Waals surface area contributed by atoms with Crippen LogP contribution in [0.15, 0.2) is 33.9 Å². The number of nitrogens with zero attached hydrogens (tertiary/aromatic N) is 2. The van der Waals surface area contributed by atoms with Crippen LogP contribution in [0.4, 0.5) is 0 Å². The second-order valence-corrected chi connectivity index (χ2v) is 9.26. The molecule has 0 saturated carbocycles. The van der Waals surface area contributed by atoms with Crippen LogP contribution in [-0.4, -0.2) is 39.8 Å². The van der Waals surface area contributed by atoms with Crippen LogP contribution in [0.2, 0.25) is 5.02 Å². The molecule has 0 radical (unpaired) electrons. The number of benzene rings is 1. The minimum Gasteiger partial charge on any atom is -0.413 e. The van der Waals surface area contributed by atoms with Gasteiger partial charge in [-0.05, 0) is 24.1 Å². The number of rotatable bonds is 8. The molecule has 0 aliphatic rings. The maximum Gasteiger partial charge on any atom is 0.335 e. The molecular weight excluding hydrogens is 378 g/mol. The maximum absolute atomic E-state index is 12.0. The molecule has 0 unspecified atom stereocenters. The van der Waals surface area contributed by atoms with Crippen molar-refractivity contribution in [1.29, 1.82) is 0 Å². The highest BCUT2D eigenvalue weighted by Crippen LogP contribution is 2.13. The van der Waals surface area contributed by atoms with Gasteiger partial charge in [0.25, 0.3) is 0 Å². The highest BCUT2D eigenvalue weighted by Gasteiger charge is 2.16. The number of aryl methyl sites for hydroxylation is 1. The number of nitrogens with one attached hydrogen (secondary N) is 1. The van der Waals surface area contributed by atoms with Gasteiger partial charge in [-0.25, -0.2) is 21.6 Å². The first kappa shape index (κ1) is 18.8. The van der Waals surface area contributed by atoms with Crippen LogP contribution in [0.25, 0.3) is 0 Å². The molecule has 1 aromatic carbocycles. The van der Waals surface area contributed by atoms with E-state index in [4.69, 9.17) is 16.0 Å².